The molecule has 8 heteroatoms. The van der Waals surface area contributed by atoms with Gasteiger partial charge in [-0.25, -0.2) is 4.68 Å². The van der Waals surface area contributed by atoms with E-state index in [0.29, 0.717) is 44.2 Å². The van der Waals surface area contributed by atoms with E-state index in [0.717, 1.165) is 23.4 Å². The van der Waals surface area contributed by atoms with E-state index >= 15 is 0 Å². The van der Waals surface area contributed by atoms with Crippen molar-refractivity contribution in [2.45, 2.75) is 13.3 Å². The maximum absolute atomic E-state index is 13.1. The van der Waals surface area contributed by atoms with Crippen molar-refractivity contribution in [3.63, 3.8) is 0 Å². The van der Waals surface area contributed by atoms with Crippen LogP contribution in [0.3, 0.4) is 0 Å². The Hall–Kier alpha value is -3.65. The van der Waals surface area contributed by atoms with E-state index in [-0.39, 0.29) is 11.8 Å². The van der Waals surface area contributed by atoms with E-state index in [1.807, 2.05) is 54.6 Å². The number of ether oxygens (including phenoxy) is 1. The average molecular weight is 448 g/mol. The van der Waals surface area contributed by atoms with Crippen LogP contribution in [0.1, 0.15) is 23.0 Å². The molecule has 33 heavy (non-hydrogen) atoms. The van der Waals surface area contributed by atoms with Crippen LogP contribution in [0.15, 0.2) is 60.8 Å². The zero-order valence-corrected chi connectivity index (χ0v) is 19.0. The van der Waals surface area contributed by atoms with E-state index in [9.17, 15) is 9.59 Å². The highest BCUT2D eigenvalue weighted by atomic mass is 16.5. The minimum Gasteiger partial charge on any atom is -0.493 e. The van der Waals surface area contributed by atoms with Crippen molar-refractivity contribution >= 4 is 17.5 Å². The molecule has 0 radical (unpaired) electrons. The number of hydrogen-bond acceptors (Lipinski definition) is 5. The van der Waals surface area contributed by atoms with Crippen molar-refractivity contribution < 1.29 is 14.3 Å². The molecule has 0 unspecified atom stereocenters. The summed E-state index contributed by atoms with van der Waals surface area (Å²) >= 11 is 0. The smallest absolute Gasteiger partial charge is 0.278 e. The van der Waals surface area contributed by atoms with Gasteiger partial charge in [-0.1, -0.05) is 43.3 Å². The SMILES string of the molecule is CCc1ccccc1NC(=O)CN1CCN(C(=O)c2nn(-c3ccccc3)cc2OC)CC1. The zero-order chi connectivity index (χ0) is 23.2. The molecular weight excluding hydrogens is 418 g/mol. The molecule has 1 fully saturated rings. The van der Waals surface area contributed by atoms with Gasteiger partial charge in [0.15, 0.2) is 11.4 Å². The first-order valence-electron chi connectivity index (χ1n) is 11.2. The van der Waals surface area contributed by atoms with Crippen LogP contribution in [-0.2, 0) is 11.2 Å². The Morgan fingerprint density at radius 1 is 1.00 bits per heavy atom. The number of para-hydroxylation sites is 2. The summed E-state index contributed by atoms with van der Waals surface area (Å²) in [5, 5.41) is 7.49. The van der Waals surface area contributed by atoms with E-state index < -0.39 is 0 Å². The fourth-order valence-electron chi connectivity index (χ4n) is 3.97. The first-order valence-corrected chi connectivity index (χ1v) is 11.2. The summed E-state index contributed by atoms with van der Waals surface area (Å²) in [6.07, 6.45) is 2.58. The fourth-order valence-corrected chi connectivity index (χ4v) is 3.97. The molecule has 0 aliphatic carbocycles. The quantitative estimate of drug-likeness (QED) is 0.603. The molecule has 172 valence electrons. The lowest BCUT2D eigenvalue weighted by Gasteiger charge is -2.34. The van der Waals surface area contributed by atoms with Crippen molar-refractivity contribution in [2.24, 2.45) is 0 Å². The monoisotopic (exact) mass is 447 g/mol. The minimum absolute atomic E-state index is 0.0426. The molecule has 2 heterocycles. The molecule has 2 aromatic carbocycles. The molecule has 1 saturated heterocycles. The lowest BCUT2D eigenvalue weighted by molar-refractivity contribution is -0.117. The maximum Gasteiger partial charge on any atom is 0.278 e. The van der Waals surface area contributed by atoms with Crippen molar-refractivity contribution in [2.75, 3.05) is 45.2 Å². The van der Waals surface area contributed by atoms with Gasteiger partial charge in [0.1, 0.15) is 0 Å². The van der Waals surface area contributed by atoms with Crippen LogP contribution in [0, 0.1) is 0 Å². The van der Waals surface area contributed by atoms with Crippen LogP contribution in [-0.4, -0.2) is 71.2 Å². The number of nitrogens with one attached hydrogen (secondary N) is 1. The number of methoxy groups -OCH3 is 1. The van der Waals surface area contributed by atoms with Gasteiger partial charge >= 0.3 is 0 Å². The van der Waals surface area contributed by atoms with Crippen LogP contribution in [0.2, 0.25) is 0 Å². The molecule has 1 N–H and O–H groups in total. The average Bonchev–Trinajstić information content (AvgIpc) is 3.29. The molecule has 4 rings (SSSR count). The highest BCUT2D eigenvalue weighted by Gasteiger charge is 2.27. The van der Waals surface area contributed by atoms with Crippen LogP contribution in [0.4, 0.5) is 5.69 Å². The largest absolute Gasteiger partial charge is 0.493 e. The van der Waals surface area contributed by atoms with Gasteiger partial charge in [0.05, 0.1) is 25.5 Å². The number of carbonyl (C=O) groups is 2. The first kappa shape index (κ1) is 22.5. The summed E-state index contributed by atoms with van der Waals surface area (Å²) in [6.45, 7) is 4.66. The topological polar surface area (TPSA) is 79.7 Å². The molecule has 2 amide bonds. The van der Waals surface area contributed by atoms with Crippen LogP contribution in [0.25, 0.3) is 5.69 Å². The van der Waals surface area contributed by atoms with Gasteiger partial charge in [0.25, 0.3) is 5.91 Å². The second-order valence-corrected chi connectivity index (χ2v) is 7.95. The summed E-state index contributed by atoms with van der Waals surface area (Å²) in [5.41, 5.74) is 3.13. The normalized spacial score (nSPS) is 14.2. The Morgan fingerprint density at radius 2 is 1.70 bits per heavy atom. The Kier molecular flexibility index (Phi) is 7.04. The molecule has 0 saturated carbocycles. The first-order chi connectivity index (χ1) is 16.1. The summed E-state index contributed by atoms with van der Waals surface area (Å²) in [6, 6.07) is 17.5. The third-order valence-electron chi connectivity index (χ3n) is 5.82. The second-order valence-electron chi connectivity index (χ2n) is 7.95. The number of piperazine rings is 1. The molecule has 0 atom stereocenters. The highest BCUT2D eigenvalue weighted by molar-refractivity contribution is 5.95. The summed E-state index contributed by atoms with van der Waals surface area (Å²) < 4.78 is 7.07. The standard InChI is InChI=1S/C25H29N5O3/c1-3-19-9-7-8-12-21(19)26-23(31)18-28-13-15-29(16-14-28)25(32)24-22(33-2)17-30(27-24)20-10-5-4-6-11-20/h4-12,17H,3,13-16,18H2,1-2H3,(H,26,31). The minimum atomic E-state index is -0.164. The molecule has 1 aliphatic rings. The van der Waals surface area contributed by atoms with Gasteiger partial charge in [0, 0.05) is 31.9 Å². The lowest BCUT2D eigenvalue weighted by atomic mass is 10.1. The van der Waals surface area contributed by atoms with Crippen molar-refractivity contribution in [3.8, 4) is 11.4 Å². The van der Waals surface area contributed by atoms with Gasteiger partial charge in [-0.05, 0) is 30.2 Å². The van der Waals surface area contributed by atoms with Crippen LogP contribution >= 0.6 is 0 Å². The number of amides is 2. The molecule has 0 spiro atoms. The summed E-state index contributed by atoms with van der Waals surface area (Å²) in [4.78, 5) is 29.5. The highest BCUT2D eigenvalue weighted by Crippen LogP contribution is 2.22. The summed E-state index contributed by atoms with van der Waals surface area (Å²) in [7, 11) is 1.54. The number of aryl methyl sites for hydroxylation is 1. The van der Waals surface area contributed by atoms with E-state index in [2.05, 4.69) is 22.2 Å². The van der Waals surface area contributed by atoms with Crippen molar-refractivity contribution in [1.82, 2.24) is 19.6 Å². The number of nitrogens with zero attached hydrogens (tertiary/aromatic N) is 4. The molecule has 3 aromatic rings. The lowest BCUT2D eigenvalue weighted by Crippen LogP contribution is -2.50. The molecule has 0 bridgehead atoms. The van der Waals surface area contributed by atoms with E-state index in [4.69, 9.17) is 4.74 Å². The molecular formula is C25H29N5O3. The number of carbonyl (C=O) groups excluding carboxylic acids is 2. The molecule has 8 nitrogen and oxygen atoms in total. The van der Waals surface area contributed by atoms with Gasteiger partial charge < -0.3 is 15.0 Å². The van der Waals surface area contributed by atoms with Gasteiger partial charge in [-0.3, -0.25) is 14.5 Å². The van der Waals surface area contributed by atoms with Gasteiger partial charge in [0.2, 0.25) is 5.91 Å². The number of hydrogen-bond donors (Lipinski definition) is 1. The predicted molar refractivity (Wildman–Crippen MR) is 127 cm³/mol. The van der Waals surface area contributed by atoms with Gasteiger partial charge in [-0.2, -0.15) is 5.10 Å². The predicted octanol–water partition coefficient (Wildman–Crippen LogP) is 2.84. The number of anilines is 1. The van der Waals surface area contributed by atoms with Crippen LogP contribution in [0.5, 0.6) is 5.75 Å². The number of rotatable bonds is 7. The van der Waals surface area contributed by atoms with E-state index in [1.165, 1.54) is 7.11 Å². The molecule has 1 aromatic heterocycles. The van der Waals surface area contributed by atoms with Gasteiger partial charge in [-0.15, -0.1) is 0 Å². The van der Waals surface area contributed by atoms with E-state index in [1.54, 1.807) is 15.8 Å². The third-order valence-corrected chi connectivity index (χ3v) is 5.82. The van der Waals surface area contributed by atoms with Crippen molar-refractivity contribution in [3.05, 3.63) is 72.1 Å². The third kappa shape index (κ3) is 5.23. The second kappa shape index (κ2) is 10.3. The van der Waals surface area contributed by atoms with Crippen molar-refractivity contribution in [1.29, 1.82) is 0 Å². The fraction of sp³-hybridized carbons (Fsp3) is 0.320. The molecule has 1 aliphatic heterocycles. The Labute approximate surface area is 193 Å². The Morgan fingerprint density at radius 3 is 2.39 bits per heavy atom. The Balaban J connectivity index is 1.35. The zero-order valence-electron chi connectivity index (χ0n) is 19.0. The Bertz CT molecular complexity index is 1100. The number of aromatic nitrogens is 2. The summed E-state index contributed by atoms with van der Waals surface area (Å²) in [5.74, 6) is 0.238. The number of benzene rings is 2. The maximum atomic E-state index is 13.1. The van der Waals surface area contributed by atoms with Crippen LogP contribution < -0.4 is 10.1 Å².